The van der Waals surface area contributed by atoms with Crippen LogP contribution in [0.15, 0.2) is 82.6 Å². The summed E-state index contributed by atoms with van der Waals surface area (Å²) in [6.45, 7) is 1.17. The molecule has 2 aliphatic heterocycles. The Kier molecular flexibility index (Phi) is 12.8. The molecule has 0 aromatic heterocycles. The molecular formula is C32H35Cl2N5O6S2. The van der Waals surface area contributed by atoms with Crippen LogP contribution in [0.4, 0.5) is 0 Å². The van der Waals surface area contributed by atoms with E-state index in [2.05, 4.69) is 15.4 Å². The Labute approximate surface area is 285 Å². The van der Waals surface area contributed by atoms with Gasteiger partial charge < -0.3 is 10.6 Å². The number of nitrogens with zero attached hydrogens (tertiary/aromatic N) is 2. The van der Waals surface area contributed by atoms with Crippen LogP contribution in [0.2, 0.25) is 10.0 Å². The van der Waals surface area contributed by atoms with Gasteiger partial charge in [0.05, 0.1) is 21.4 Å². The summed E-state index contributed by atoms with van der Waals surface area (Å²) in [6, 6.07) is 19.0. The Morgan fingerprint density at radius 3 is 1.85 bits per heavy atom. The van der Waals surface area contributed by atoms with Crippen LogP contribution in [0.5, 0.6) is 0 Å². The van der Waals surface area contributed by atoms with Crippen LogP contribution in [-0.2, 0) is 36.2 Å². The quantitative estimate of drug-likeness (QED) is 0.311. The largest absolute Gasteiger partial charge is 0.355 e. The summed E-state index contributed by atoms with van der Waals surface area (Å²) in [7, 11) is -7.63. The summed E-state index contributed by atoms with van der Waals surface area (Å²) in [6.07, 6.45) is 4.21. The lowest BCUT2D eigenvalue weighted by Crippen LogP contribution is -2.48. The monoisotopic (exact) mass is 719 g/mol. The number of benzene rings is 3. The van der Waals surface area contributed by atoms with Gasteiger partial charge in [0.1, 0.15) is 12.1 Å². The second kappa shape index (κ2) is 16.5. The molecule has 2 saturated heterocycles. The fourth-order valence-corrected chi connectivity index (χ4v) is 8.18. The van der Waals surface area contributed by atoms with Gasteiger partial charge in [-0.15, -0.1) is 0 Å². The molecule has 2 heterocycles. The Morgan fingerprint density at radius 1 is 0.745 bits per heavy atom. The predicted molar refractivity (Wildman–Crippen MR) is 178 cm³/mol. The third kappa shape index (κ3) is 9.99. The number of nitrogens with one attached hydrogen (secondary N) is 3. The Bertz CT molecular complexity index is 1800. The SMILES string of the molecule is N#Cc1ccc(CN(C2CCCCNC2=O)S(=O)(=O)c2ccc(Cl)cc2)cc1.O=C1NCCCCC1NS(=O)(=O)c1ccc(Cl)cc1. The summed E-state index contributed by atoms with van der Waals surface area (Å²) in [5.41, 5.74) is 1.19. The number of nitriles is 1. The van der Waals surface area contributed by atoms with Crippen molar-refractivity contribution in [2.75, 3.05) is 13.1 Å². The average molecular weight is 721 g/mol. The van der Waals surface area contributed by atoms with E-state index in [1.54, 1.807) is 24.3 Å². The molecule has 250 valence electrons. The van der Waals surface area contributed by atoms with Gasteiger partial charge in [0, 0.05) is 29.7 Å². The average Bonchev–Trinajstić information content (AvgIpc) is 3.39. The van der Waals surface area contributed by atoms with E-state index in [-0.39, 0.29) is 28.2 Å². The number of amides is 2. The van der Waals surface area contributed by atoms with Gasteiger partial charge in [-0.05, 0) is 105 Å². The van der Waals surface area contributed by atoms with Crippen LogP contribution in [0, 0.1) is 11.3 Å². The summed E-state index contributed by atoms with van der Waals surface area (Å²) in [4.78, 5) is 24.5. The fraction of sp³-hybridized carbons (Fsp3) is 0.344. The fourth-order valence-electron chi connectivity index (χ4n) is 5.09. The lowest BCUT2D eigenvalue weighted by Gasteiger charge is -2.29. The van der Waals surface area contributed by atoms with Gasteiger partial charge in [0.25, 0.3) is 0 Å². The topological polar surface area (TPSA) is 166 Å². The molecule has 0 aliphatic carbocycles. The van der Waals surface area contributed by atoms with Gasteiger partial charge in [0.2, 0.25) is 31.9 Å². The molecule has 2 aliphatic rings. The number of halogens is 2. The number of carbonyl (C=O) groups excluding carboxylic acids is 2. The molecular weight excluding hydrogens is 685 g/mol. The van der Waals surface area contributed by atoms with Crippen molar-refractivity contribution in [3.8, 4) is 6.07 Å². The van der Waals surface area contributed by atoms with E-state index in [4.69, 9.17) is 28.5 Å². The molecule has 3 aromatic rings. The number of carbonyl (C=O) groups is 2. The van der Waals surface area contributed by atoms with Gasteiger partial charge >= 0.3 is 0 Å². The first-order valence-electron chi connectivity index (χ1n) is 15.0. The molecule has 3 N–H and O–H groups in total. The molecule has 0 saturated carbocycles. The molecule has 3 aromatic carbocycles. The summed E-state index contributed by atoms with van der Waals surface area (Å²) >= 11 is 11.6. The van der Waals surface area contributed by atoms with Crippen molar-refractivity contribution in [2.24, 2.45) is 0 Å². The minimum absolute atomic E-state index is 0.0365. The van der Waals surface area contributed by atoms with E-state index in [1.165, 1.54) is 52.8 Å². The van der Waals surface area contributed by atoms with Crippen molar-refractivity contribution in [3.05, 3.63) is 94.0 Å². The smallest absolute Gasteiger partial charge is 0.244 e. The number of sulfonamides is 2. The molecule has 47 heavy (non-hydrogen) atoms. The molecule has 0 bridgehead atoms. The lowest BCUT2D eigenvalue weighted by atomic mass is 10.1. The van der Waals surface area contributed by atoms with Crippen LogP contribution in [0.3, 0.4) is 0 Å². The number of rotatable bonds is 8. The van der Waals surface area contributed by atoms with Gasteiger partial charge in [0.15, 0.2) is 0 Å². The van der Waals surface area contributed by atoms with Crippen LogP contribution in [-0.4, -0.2) is 58.1 Å². The molecule has 11 nitrogen and oxygen atoms in total. The molecule has 2 unspecified atom stereocenters. The number of hydrogen-bond donors (Lipinski definition) is 3. The van der Waals surface area contributed by atoms with E-state index >= 15 is 0 Å². The number of hydrogen-bond acceptors (Lipinski definition) is 7. The zero-order valence-corrected chi connectivity index (χ0v) is 28.5. The second-order valence-electron chi connectivity index (χ2n) is 11.0. The first kappa shape index (κ1) is 36.3. The maximum absolute atomic E-state index is 13.4. The van der Waals surface area contributed by atoms with Crippen molar-refractivity contribution in [3.63, 3.8) is 0 Å². The first-order chi connectivity index (χ1) is 22.4. The van der Waals surface area contributed by atoms with E-state index in [0.717, 1.165) is 25.7 Å². The summed E-state index contributed by atoms with van der Waals surface area (Å²) in [5.74, 6) is -0.557. The van der Waals surface area contributed by atoms with Crippen LogP contribution < -0.4 is 15.4 Å². The van der Waals surface area contributed by atoms with Crippen LogP contribution >= 0.6 is 23.2 Å². The zero-order chi connectivity index (χ0) is 34.0. The summed E-state index contributed by atoms with van der Waals surface area (Å²) in [5, 5.41) is 15.4. The Balaban J connectivity index is 0.000000229. The maximum Gasteiger partial charge on any atom is 0.244 e. The van der Waals surface area contributed by atoms with E-state index < -0.39 is 32.1 Å². The first-order valence-corrected chi connectivity index (χ1v) is 18.7. The summed E-state index contributed by atoms with van der Waals surface area (Å²) < 4.78 is 54.7. The van der Waals surface area contributed by atoms with Gasteiger partial charge in [-0.3, -0.25) is 9.59 Å². The van der Waals surface area contributed by atoms with Crippen molar-refractivity contribution >= 4 is 55.1 Å². The minimum Gasteiger partial charge on any atom is -0.355 e. The molecule has 2 atom stereocenters. The van der Waals surface area contributed by atoms with Crippen LogP contribution in [0.1, 0.15) is 49.7 Å². The normalized spacial score (nSPS) is 18.9. The highest BCUT2D eigenvalue weighted by atomic mass is 35.5. The zero-order valence-electron chi connectivity index (χ0n) is 25.4. The third-order valence-corrected chi connectivity index (χ3v) is 11.5. The third-order valence-electron chi connectivity index (χ3n) is 7.65. The highest BCUT2D eigenvalue weighted by molar-refractivity contribution is 7.89. The lowest BCUT2D eigenvalue weighted by molar-refractivity contribution is -0.124. The van der Waals surface area contributed by atoms with Gasteiger partial charge in [-0.2, -0.15) is 14.3 Å². The predicted octanol–water partition coefficient (Wildman–Crippen LogP) is 4.36. The Hall–Kier alpha value is -3.51. The minimum atomic E-state index is -3.93. The highest BCUT2D eigenvalue weighted by Crippen LogP contribution is 2.26. The van der Waals surface area contributed by atoms with Crippen molar-refractivity contribution < 1.29 is 26.4 Å². The molecule has 2 fully saturated rings. The highest BCUT2D eigenvalue weighted by Gasteiger charge is 2.36. The standard InChI is InChI=1S/C20H20ClN3O3S.C12H15ClN2O3S/c21-17-8-10-18(11-9-17)28(26,27)24(19-3-1-2-12-23-20(19)25)14-16-6-4-15(13-22)5-7-16;13-9-4-6-10(7-5-9)19(17,18)15-11-3-1-2-8-14-12(11)16/h4-11,19H,1-3,12,14H2,(H,23,25);4-7,11,15H,1-3,8H2,(H,14,16). The second-order valence-corrected chi connectivity index (χ2v) is 15.5. The van der Waals surface area contributed by atoms with Crippen molar-refractivity contribution in [1.82, 2.24) is 19.7 Å². The molecule has 0 radical (unpaired) electrons. The molecule has 5 rings (SSSR count). The maximum atomic E-state index is 13.4. The van der Waals surface area contributed by atoms with E-state index in [9.17, 15) is 26.4 Å². The molecule has 2 amide bonds. The van der Waals surface area contributed by atoms with Gasteiger partial charge in [-0.25, -0.2) is 16.8 Å². The van der Waals surface area contributed by atoms with E-state index in [1.807, 2.05) is 6.07 Å². The molecule has 15 heteroatoms. The van der Waals surface area contributed by atoms with Gasteiger partial charge in [-0.1, -0.05) is 35.3 Å². The molecule has 0 spiro atoms. The van der Waals surface area contributed by atoms with Crippen LogP contribution in [0.25, 0.3) is 0 Å². The van der Waals surface area contributed by atoms with Crippen molar-refractivity contribution in [1.29, 1.82) is 5.26 Å². The van der Waals surface area contributed by atoms with Crippen molar-refractivity contribution in [2.45, 2.75) is 66.9 Å². The Morgan fingerprint density at radius 2 is 1.28 bits per heavy atom. The van der Waals surface area contributed by atoms with E-state index in [0.29, 0.717) is 47.1 Å².